The van der Waals surface area contributed by atoms with Crippen LogP contribution in [0.15, 0.2) is 18.3 Å². The van der Waals surface area contributed by atoms with E-state index in [1.807, 2.05) is 17.0 Å². The van der Waals surface area contributed by atoms with Gasteiger partial charge in [-0.15, -0.1) is 24.8 Å². The third-order valence-electron chi connectivity index (χ3n) is 3.96. The minimum atomic E-state index is 0. The van der Waals surface area contributed by atoms with E-state index in [0.29, 0.717) is 18.8 Å². The van der Waals surface area contributed by atoms with Gasteiger partial charge in [0.1, 0.15) is 5.82 Å². The highest BCUT2D eigenvalue weighted by atomic mass is 35.5. The summed E-state index contributed by atoms with van der Waals surface area (Å²) in [6, 6.07) is 3.73. The van der Waals surface area contributed by atoms with E-state index in [1.165, 1.54) is 0 Å². The van der Waals surface area contributed by atoms with E-state index < -0.39 is 0 Å². The molecule has 23 heavy (non-hydrogen) atoms. The number of amides is 1. The van der Waals surface area contributed by atoms with Crippen LogP contribution in [0.5, 0.6) is 0 Å². The summed E-state index contributed by atoms with van der Waals surface area (Å²) in [5.41, 5.74) is 0.710. The minimum absolute atomic E-state index is 0. The lowest BCUT2D eigenvalue weighted by atomic mass is 10.2. The lowest BCUT2D eigenvalue weighted by molar-refractivity contribution is 0.0765. The Kier molecular flexibility index (Phi) is 8.62. The molecule has 130 valence electrons. The first-order valence-electron chi connectivity index (χ1n) is 7.64. The smallest absolute Gasteiger partial charge is 0.257 e. The maximum absolute atomic E-state index is 12.8. The maximum Gasteiger partial charge on any atom is 0.257 e. The van der Waals surface area contributed by atoms with E-state index in [1.54, 1.807) is 6.20 Å². The molecule has 8 heteroatoms. The van der Waals surface area contributed by atoms with Crippen LogP contribution in [-0.4, -0.2) is 68.3 Å². The highest BCUT2D eigenvalue weighted by Crippen LogP contribution is 2.20. The molecule has 0 aromatic carbocycles. The molecule has 0 atom stereocenters. The second-order valence-corrected chi connectivity index (χ2v) is 5.37. The summed E-state index contributed by atoms with van der Waals surface area (Å²) in [4.78, 5) is 21.3. The standard InChI is InChI=1S/C15H22N4O2.2ClH/c20-15(19-7-2-4-16-6-8-19)13-3-1-5-17-14(13)18-9-11-21-12-10-18;;/h1,3,5,16H,2,4,6-12H2;2*1H. The number of pyridine rings is 1. The number of anilines is 1. The molecule has 1 amide bonds. The molecule has 0 saturated carbocycles. The number of rotatable bonds is 2. The van der Waals surface area contributed by atoms with Gasteiger partial charge in [-0.25, -0.2) is 4.98 Å². The Morgan fingerprint density at radius 2 is 1.91 bits per heavy atom. The van der Waals surface area contributed by atoms with E-state index in [2.05, 4.69) is 15.2 Å². The lowest BCUT2D eigenvalue weighted by Crippen LogP contribution is -2.40. The summed E-state index contributed by atoms with van der Waals surface area (Å²) < 4.78 is 5.38. The van der Waals surface area contributed by atoms with Crippen molar-refractivity contribution >= 4 is 36.5 Å². The molecule has 1 aromatic heterocycles. The summed E-state index contributed by atoms with van der Waals surface area (Å²) >= 11 is 0. The van der Waals surface area contributed by atoms with Gasteiger partial charge in [0.15, 0.2) is 0 Å². The number of aromatic nitrogens is 1. The van der Waals surface area contributed by atoms with E-state index >= 15 is 0 Å². The normalized spacial score (nSPS) is 18.4. The molecule has 2 saturated heterocycles. The molecule has 1 aromatic rings. The Morgan fingerprint density at radius 3 is 2.70 bits per heavy atom. The van der Waals surface area contributed by atoms with Crippen LogP contribution in [0.4, 0.5) is 5.82 Å². The third-order valence-corrected chi connectivity index (χ3v) is 3.96. The number of nitrogens with one attached hydrogen (secondary N) is 1. The molecule has 0 radical (unpaired) electrons. The molecule has 2 aliphatic rings. The Bertz CT molecular complexity index is 490. The number of morpholine rings is 1. The van der Waals surface area contributed by atoms with E-state index in [0.717, 1.165) is 51.5 Å². The average Bonchev–Trinajstić information content (AvgIpc) is 2.84. The number of hydrogen-bond donors (Lipinski definition) is 1. The minimum Gasteiger partial charge on any atom is -0.378 e. The van der Waals surface area contributed by atoms with Crippen molar-refractivity contribution < 1.29 is 9.53 Å². The largest absolute Gasteiger partial charge is 0.378 e. The van der Waals surface area contributed by atoms with Crippen LogP contribution >= 0.6 is 24.8 Å². The molecular weight excluding hydrogens is 339 g/mol. The third kappa shape index (κ3) is 4.94. The van der Waals surface area contributed by atoms with Gasteiger partial charge < -0.3 is 19.9 Å². The summed E-state index contributed by atoms with van der Waals surface area (Å²) in [6.07, 6.45) is 2.75. The predicted octanol–water partition coefficient (Wildman–Crippen LogP) is 1.20. The number of ether oxygens (including phenoxy) is 1. The van der Waals surface area contributed by atoms with Gasteiger partial charge in [0, 0.05) is 38.9 Å². The monoisotopic (exact) mass is 362 g/mol. The quantitative estimate of drug-likeness (QED) is 0.856. The zero-order valence-electron chi connectivity index (χ0n) is 13.1. The molecule has 0 unspecified atom stereocenters. The number of hydrogen-bond acceptors (Lipinski definition) is 5. The van der Waals surface area contributed by atoms with Crippen LogP contribution in [0.2, 0.25) is 0 Å². The van der Waals surface area contributed by atoms with Gasteiger partial charge in [0.2, 0.25) is 0 Å². The van der Waals surface area contributed by atoms with Gasteiger partial charge in [-0.3, -0.25) is 4.79 Å². The molecular formula is C15H24Cl2N4O2. The zero-order chi connectivity index (χ0) is 14.5. The van der Waals surface area contributed by atoms with Crippen molar-refractivity contribution in [3.05, 3.63) is 23.9 Å². The highest BCUT2D eigenvalue weighted by Gasteiger charge is 2.24. The number of halogens is 2. The average molecular weight is 363 g/mol. The van der Waals surface area contributed by atoms with E-state index in [4.69, 9.17) is 4.74 Å². The summed E-state index contributed by atoms with van der Waals surface area (Å²) in [5.74, 6) is 0.885. The first kappa shape index (κ1) is 20.0. The Morgan fingerprint density at radius 1 is 1.13 bits per heavy atom. The molecule has 2 aliphatic heterocycles. The fraction of sp³-hybridized carbons (Fsp3) is 0.600. The van der Waals surface area contributed by atoms with Crippen LogP contribution in [-0.2, 0) is 4.74 Å². The molecule has 0 spiro atoms. The van der Waals surface area contributed by atoms with Crippen molar-refractivity contribution in [3.8, 4) is 0 Å². The topological polar surface area (TPSA) is 57.7 Å². The van der Waals surface area contributed by atoms with Crippen LogP contribution < -0.4 is 10.2 Å². The predicted molar refractivity (Wildman–Crippen MR) is 95.2 cm³/mol. The van der Waals surface area contributed by atoms with E-state index in [9.17, 15) is 4.79 Å². The van der Waals surface area contributed by atoms with Gasteiger partial charge in [0.25, 0.3) is 5.91 Å². The summed E-state index contributed by atoms with van der Waals surface area (Å²) in [6.45, 7) is 6.37. The lowest BCUT2D eigenvalue weighted by Gasteiger charge is -2.30. The zero-order valence-corrected chi connectivity index (χ0v) is 14.7. The molecule has 3 heterocycles. The number of carbonyl (C=O) groups excluding carboxylic acids is 1. The first-order chi connectivity index (χ1) is 10.4. The molecule has 0 bridgehead atoms. The molecule has 6 nitrogen and oxygen atoms in total. The fourth-order valence-corrected chi connectivity index (χ4v) is 2.81. The SMILES string of the molecule is Cl.Cl.O=C(c1cccnc1N1CCOCC1)N1CCCNCC1. The highest BCUT2D eigenvalue weighted by molar-refractivity contribution is 5.99. The van der Waals surface area contributed by atoms with Crippen molar-refractivity contribution in [2.75, 3.05) is 57.4 Å². The Labute approximate surface area is 149 Å². The molecule has 2 fully saturated rings. The number of nitrogens with zero attached hydrogens (tertiary/aromatic N) is 3. The van der Waals surface area contributed by atoms with Gasteiger partial charge in [-0.2, -0.15) is 0 Å². The van der Waals surface area contributed by atoms with Gasteiger partial charge in [-0.1, -0.05) is 0 Å². The van der Waals surface area contributed by atoms with Gasteiger partial charge >= 0.3 is 0 Å². The summed E-state index contributed by atoms with van der Waals surface area (Å²) in [7, 11) is 0. The molecule has 0 aliphatic carbocycles. The maximum atomic E-state index is 12.8. The molecule has 3 rings (SSSR count). The Hall–Kier alpha value is -1.08. The van der Waals surface area contributed by atoms with Gasteiger partial charge in [-0.05, 0) is 25.1 Å². The first-order valence-corrected chi connectivity index (χ1v) is 7.64. The number of carbonyl (C=O) groups is 1. The van der Waals surface area contributed by atoms with Crippen LogP contribution in [0.25, 0.3) is 0 Å². The second kappa shape index (κ2) is 9.93. The van der Waals surface area contributed by atoms with Crippen molar-refractivity contribution in [2.45, 2.75) is 6.42 Å². The van der Waals surface area contributed by atoms with Crippen molar-refractivity contribution in [2.24, 2.45) is 0 Å². The van der Waals surface area contributed by atoms with Crippen LogP contribution in [0, 0.1) is 0 Å². The van der Waals surface area contributed by atoms with Crippen molar-refractivity contribution in [1.82, 2.24) is 15.2 Å². The Balaban J connectivity index is 0.00000132. The van der Waals surface area contributed by atoms with Crippen LogP contribution in [0.1, 0.15) is 16.8 Å². The van der Waals surface area contributed by atoms with Crippen LogP contribution in [0.3, 0.4) is 0 Å². The second-order valence-electron chi connectivity index (χ2n) is 5.37. The summed E-state index contributed by atoms with van der Waals surface area (Å²) in [5, 5.41) is 3.33. The molecule has 1 N–H and O–H groups in total. The van der Waals surface area contributed by atoms with Gasteiger partial charge in [0.05, 0.1) is 18.8 Å². The fourth-order valence-electron chi connectivity index (χ4n) is 2.81. The van der Waals surface area contributed by atoms with Crippen molar-refractivity contribution in [1.29, 1.82) is 0 Å². The van der Waals surface area contributed by atoms with Crippen molar-refractivity contribution in [3.63, 3.8) is 0 Å². The van der Waals surface area contributed by atoms with E-state index in [-0.39, 0.29) is 30.7 Å².